The van der Waals surface area contributed by atoms with Crippen LogP contribution in [0.4, 0.5) is 0 Å². The van der Waals surface area contributed by atoms with Gasteiger partial charge in [0.25, 0.3) is 5.91 Å². The van der Waals surface area contributed by atoms with Crippen LogP contribution in [0.5, 0.6) is 0 Å². The van der Waals surface area contributed by atoms with E-state index >= 15 is 0 Å². The maximum absolute atomic E-state index is 11.8. The molecule has 0 aliphatic heterocycles. The molecular formula is C11H16N2O2S. The molecule has 1 unspecified atom stereocenters. The van der Waals surface area contributed by atoms with E-state index in [0.717, 1.165) is 12.8 Å². The molecular weight excluding hydrogens is 224 g/mol. The molecule has 3 N–H and O–H groups in total. The Kier molecular flexibility index (Phi) is 4.49. The minimum absolute atomic E-state index is 0.205. The van der Waals surface area contributed by atoms with Crippen molar-refractivity contribution in [3.63, 3.8) is 0 Å². The van der Waals surface area contributed by atoms with Gasteiger partial charge < -0.3 is 15.5 Å². The van der Waals surface area contributed by atoms with Gasteiger partial charge in [-0.2, -0.15) is 0 Å². The number of carbonyl (C=O) groups is 1. The summed E-state index contributed by atoms with van der Waals surface area (Å²) in [5.74, 6) is 0.496. The van der Waals surface area contributed by atoms with E-state index in [1.54, 1.807) is 13.0 Å². The van der Waals surface area contributed by atoms with Crippen LogP contribution in [0, 0.1) is 6.92 Å². The Hall–Kier alpha value is -1.36. The molecule has 16 heavy (non-hydrogen) atoms. The van der Waals surface area contributed by atoms with E-state index in [1.807, 2.05) is 6.92 Å². The Morgan fingerprint density at radius 1 is 1.69 bits per heavy atom. The number of thiocarbonyl (C=S) groups is 1. The highest BCUT2D eigenvalue weighted by molar-refractivity contribution is 7.80. The van der Waals surface area contributed by atoms with Gasteiger partial charge in [0.1, 0.15) is 12.0 Å². The quantitative estimate of drug-likeness (QED) is 0.770. The van der Waals surface area contributed by atoms with E-state index in [1.165, 1.54) is 6.26 Å². The largest absolute Gasteiger partial charge is 0.469 e. The molecule has 0 aliphatic rings. The number of hydrogen-bond donors (Lipinski definition) is 2. The summed E-state index contributed by atoms with van der Waals surface area (Å²) in [5, 5.41) is 2.78. The van der Waals surface area contributed by atoms with Crippen molar-refractivity contribution >= 4 is 23.1 Å². The number of nitrogens with two attached hydrogens (primary N) is 1. The number of amides is 1. The SMILES string of the molecule is CCCC(NC(=O)c1coc(C)c1)C(N)=S. The standard InChI is InChI=1S/C11H16N2O2S/c1-3-4-9(10(12)16)13-11(14)8-5-7(2)15-6-8/h5-6,9H,3-4H2,1-2H3,(H2,12,16)(H,13,14). The molecule has 0 saturated heterocycles. The van der Waals surface area contributed by atoms with Crippen LogP contribution in [-0.4, -0.2) is 16.9 Å². The first kappa shape index (κ1) is 12.7. The number of furan rings is 1. The van der Waals surface area contributed by atoms with Crippen molar-refractivity contribution in [1.82, 2.24) is 5.32 Å². The van der Waals surface area contributed by atoms with Gasteiger partial charge in [-0.15, -0.1) is 0 Å². The summed E-state index contributed by atoms with van der Waals surface area (Å²) in [7, 11) is 0. The fourth-order valence-electron chi connectivity index (χ4n) is 1.38. The highest BCUT2D eigenvalue weighted by Gasteiger charge is 2.16. The highest BCUT2D eigenvalue weighted by atomic mass is 32.1. The van der Waals surface area contributed by atoms with Gasteiger partial charge in [-0.25, -0.2) is 0 Å². The molecule has 1 rings (SSSR count). The van der Waals surface area contributed by atoms with E-state index in [9.17, 15) is 4.79 Å². The molecule has 4 nitrogen and oxygen atoms in total. The molecule has 0 fully saturated rings. The fraction of sp³-hybridized carbons (Fsp3) is 0.455. The van der Waals surface area contributed by atoms with Crippen molar-refractivity contribution in [3.8, 4) is 0 Å². The van der Waals surface area contributed by atoms with E-state index in [-0.39, 0.29) is 11.9 Å². The molecule has 0 radical (unpaired) electrons. The summed E-state index contributed by atoms with van der Waals surface area (Å²) in [4.78, 5) is 12.1. The second kappa shape index (κ2) is 5.65. The molecule has 1 amide bonds. The molecule has 0 aromatic carbocycles. The Balaban J connectivity index is 2.65. The predicted molar refractivity (Wildman–Crippen MR) is 66.4 cm³/mol. The third kappa shape index (κ3) is 3.34. The number of nitrogens with one attached hydrogen (secondary N) is 1. The summed E-state index contributed by atoms with van der Waals surface area (Å²) in [6, 6.07) is 1.43. The summed E-state index contributed by atoms with van der Waals surface area (Å²) in [5.41, 5.74) is 6.04. The minimum atomic E-state index is -0.247. The summed E-state index contributed by atoms with van der Waals surface area (Å²) in [6.07, 6.45) is 3.08. The molecule has 0 aliphatic carbocycles. The lowest BCUT2D eigenvalue weighted by atomic mass is 10.1. The van der Waals surface area contributed by atoms with Crippen LogP contribution >= 0.6 is 12.2 Å². The first-order valence-electron chi connectivity index (χ1n) is 5.20. The number of rotatable bonds is 5. The van der Waals surface area contributed by atoms with Gasteiger partial charge in [-0.3, -0.25) is 4.79 Å². The van der Waals surface area contributed by atoms with Crippen LogP contribution in [0.15, 0.2) is 16.7 Å². The van der Waals surface area contributed by atoms with Gasteiger partial charge in [-0.1, -0.05) is 25.6 Å². The van der Waals surface area contributed by atoms with Crippen LogP contribution in [-0.2, 0) is 0 Å². The molecule has 0 spiro atoms. The van der Waals surface area contributed by atoms with Gasteiger partial charge in [0.2, 0.25) is 0 Å². The molecule has 1 atom stereocenters. The molecule has 88 valence electrons. The van der Waals surface area contributed by atoms with E-state index < -0.39 is 0 Å². The smallest absolute Gasteiger partial charge is 0.255 e. The van der Waals surface area contributed by atoms with Crippen molar-refractivity contribution in [2.75, 3.05) is 0 Å². The normalized spacial score (nSPS) is 12.1. The first-order valence-corrected chi connectivity index (χ1v) is 5.60. The highest BCUT2D eigenvalue weighted by Crippen LogP contribution is 2.07. The third-order valence-corrected chi connectivity index (χ3v) is 2.50. The van der Waals surface area contributed by atoms with Crippen molar-refractivity contribution < 1.29 is 9.21 Å². The van der Waals surface area contributed by atoms with E-state index in [0.29, 0.717) is 16.3 Å². The fourth-order valence-corrected chi connectivity index (χ4v) is 1.56. The third-order valence-electron chi connectivity index (χ3n) is 2.22. The average molecular weight is 240 g/mol. The lowest BCUT2D eigenvalue weighted by Gasteiger charge is -2.15. The zero-order chi connectivity index (χ0) is 12.1. The second-order valence-electron chi connectivity index (χ2n) is 3.66. The van der Waals surface area contributed by atoms with Crippen LogP contribution in [0.2, 0.25) is 0 Å². The molecule has 1 heterocycles. The topological polar surface area (TPSA) is 68.3 Å². The Bertz CT molecular complexity index is 387. The van der Waals surface area contributed by atoms with Crippen LogP contribution in [0.25, 0.3) is 0 Å². The van der Waals surface area contributed by atoms with Crippen molar-refractivity contribution in [3.05, 3.63) is 23.7 Å². The van der Waals surface area contributed by atoms with E-state index in [2.05, 4.69) is 5.32 Å². The van der Waals surface area contributed by atoms with Crippen LogP contribution in [0.1, 0.15) is 35.9 Å². The van der Waals surface area contributed by atoms with Crippen molar-refractivity contribution in [2.24, 2.45) is 5.73 Å². The number of aryl methyl sites for hydroxylation is 1. The van der Waals surface area contributed by atoms with Crippen molar-refractivity contribution in [2.45, 2.75) is 32.7 Å². The summed E-state index contributed by atoms with van der Waals surface area (Å²) >= 11 is 4.90. The molecule has 0 saturated carbocycles. The molecule has 0 bridgehead atoms. The van der Waals surface area contributed by atoms with Gasteiger partial charge in [0.05, 0.1) is 16.6 Å². The summed E-state index contributed by atoms with van der Waals surface area (Å²) < 4.78 is 5.06. The lowest BCUT2D eigenvalue weighted by molar-refractivity contribution is 0.0945. The minimum Gasteiger partial charge on any atom is -0.469 e. The molecule has 1 aromatic rings. The number of carbonyl (C=O) groups excluding carboxylic acids is 1. The average Bonchev–Trinajstić information content (AvgIpc) is 2.64. The monoisotopic (exact) mass is 240 g/mol. The first-order chi connectivity index (χ1) is 7.54. The van der Waals surface area contributed by atoms with Crippen molar-refractivity contribution in [1.29, 1.82) is 0 Å². The van der Waals surface area contributed by atoms with Crippen LogP contribution < -0.4 is 11.1 Å². The van der Waals surface area contributed by atoms with Crippen LogP contribution in [0.3, 0.4) is 0 Å². The Morgan fingerprint density at radius 3 is 2.81 bits per heavy atom. The van der Waals surface area contributed by atoms with Gasteiger partial charge in [0.15, 0.2) is 0 Å². The Morgan fingerprint density at radius 2 is 2.38 bits per heavy atom. The van der Waals surface area contributed by atoms with Gasteiger partial charge in [0, 0.05) is 0 Å². The van der Waals surface area contributed by atoms with Gasteiger partial charge in [-0.05, 0) is 19.4 Å². The molecule has 5 heteroatoms. The molecule has 1 aromatic heterocycles. The second-order valence-corrected chi connectivity index (χ2v) is 4.13. The van der Waals surface area contributed by atoms with Gasteiger partial charge >= 0.3 is 0 Å². The zero-order valence-corrected chi connectivity index (χ0v) is 10.3. The maximum Gasteiger partial charge on any atom is 0.255 e. The predicted octanol–water partition coefficient (Wildman–Crippen LogP) is 1.77. The maximum atomic E-state index is 11.8. The lowest BCUT2D eigenvalue weighted by Crippen LogP contribution is -2.43. The summed E-state index contributed by atoms with van der Waals surface area (Å²) in [6.45, 7) is 3.80. The zero-order valence-electron chi connectivity index (χ0n) is 9.45. The number of hydrogen-bond acceptors (Lipinski definition) is 3. The van der Waals surface area contributed by atoms with E-state index in [4.69, 9.17) is 22.4 Å². The Labute approximate surface area is 100 Å².